The van der Waals surface area contributed by atoms with E-state index in [1.807, 2.05) is 51.1 Å². The molecule has 2 rings (SSSR count). The van der Waals surface area contributed by atoms with E-state index in [9.17, 15) is 4.79 Å². The van der Waals surface area contributed by atoms with Crippen molar-refractivity contribution in [2.45, 2.75) is 32.9 Å². The molecule has 0 spiro atoms. The van der Waals surface area contributed by atoms with Crippen LogP contribution in [0.5, 0.6) is 5.75 Å². The van der Waals surface area contributed by atoms with Gasteiger partial charge in [-0.1, -0.05) is 24.3 Å². The number of anilines is 1. The van der Waals surface area contributed by atoms with E-state index in [0.717, 1.165) is 11.3 Å². The number of para-hydroxylation sites is 2. The lowest BCUT2D eigenvalue weighted by Gasteiger charge is -2.19. The second-order valence-electron chi connectivity index (χ2n) is 6.73. The first-order valence-electron chi connectivity index (χ1n) is 8.31. The number of benzene rings is 2. The molecule has 0 aromatic heterocycles. The first-order valence-corrected chi connectivity index (χ1v) is 8.31. The van der Waals surface area contributed by atoms with Crippen molar-refractivity contribution in [2.24, 2.45) is 10.7 Å². The van der Waals surface area contributed by atoms with Crippen LogP contribution in [-0.2, 0) is 11.3 Å². The number of nitrogens with two attached hydrogens (primary N) is 1. The highest BCUT2D eigenvalue weighted by atomic mass is 16.6. The summed E-state index contributed by atoms with van der Waals surface area (Å²) in [4.78, 5) is 16.5. The molecule has 26 heavy (non-hydrogen) atoms. The van der Waals surface area contributed by atoms with Crippen LogP contribution < -0.4 is 15.8 Å². The van der Waals surface area contributed by atoms with Crippen LogP contribution >= 0.6 is 0 Å². The Morgan fingerprint density at radius 2 is 1.88 bits per heavy atom. The van der Waals surface area contributed by atoms with Gasteiger partial charge in [-0.15, -0.1) is 0 Å². The summed E-state index contributed by atoms with van der Waals surface area (Å²) in [6.07, 6.45) is 0. The van der Waals surface area contributed by atoms with Crippen LogP contribution in [-0.4, -0.2) is 24.6 Å². The zero-order chi connectivity index (χ0) is 19.2. The fraction of sp³-hybridized carbons (Fsp3) is 0.300. The Balaban J connectivity index is 2.05. The highest BCUT2D eigenvalue weighted by Crippen LogP contribution is 2.22. The van der Waals surface area contributed by atoms with Gasteiger partial charge in [-0.05, 0) is 50.6 Å². The maximum atomic E-state index is 12.2. The third-order valence-electron chi connectivity index (χ3n) is 3.36. The number of hydrogen-bond donors (Lipinski definition) is 2. The van der Waals surface area contributed by atoms with Crippen LogP contribution in [0.25, 0.3) is 0 Å². The third-order valence-corrected chi connectivity index (χ3v) is 3.36. The number of aliphatic imine (C=N–C) groups is 1. The van der Waals surface area contributed by atoms with Crippen molar-refractivity contribution in [3.63, 3.8) is 0 Å². The molecular formula is C20H25N3O3. The predicted molar refractivity (Wildman–Crippen MR) is 104 cm³/mol. The summed E-state index contributed by atoms with van der Waals surface area (Å²) >= 11 is 0. The van der Waals surface area contributed by atoms with E-state index in [1.54, 1.807) is 25.3 Å². The number of ether oxygens (including phenoxy) is 2. The van der Waals surface area contributed by atoms with Gasteiger partial charge in [0.1, 0.15) is 11.4 Å². The van der Waals surface area contributed by atoms with Gasteiger partial charge in [-0.3, -0.25) is 0 Å². The first-order chi connectivity index (χ1) is 12.3. The highest BCUT2D eigenvalue weighted by molar-refractivity contribution is 5.93. The van der Waals surface area contributed by atoms with E-state index in [4.69, 9.17) is 15.2 Å². The van der Waals surface area contributed by atoms with Crippen LogP contribution in [0.2, 0.25) is 0 Å². The summed E-state index contributed by atoms with van der Waals surface area (Å²) in [5.74, 6) is 0.582. The number of hydrogen-bond acceptors (Lipinski definition) is 4. The number of methoxy groups -OCH3 is 1. The monoisotopic (exact) mass is 355 g/mol. The van der Waals surface area contributed by atoms with Crippen LogP contribution in [0.15, 0.2) is 53.5 Å². The molecule has 0 saturated heterocycles. The SMILES string of the molecule is COc1ccccc1NC(N)=NCc1cccc(C(=O)OC(C)(C)C)c1. The van der Waals surface area contributed by atoms with E-state index < -0.39 is 5.60 Å². The van der Waals surface area contributed by atoms with Gasteiger partial charge >= 0.3 is 5.97 Å². The average Bonchev–Trinajstić information content (AvgIpc) is 2.59. The second kappa shape index (κ2) is 8.38. The predicted octanol–water partition coefficient (Wildman–Crippen LogP) is 3.58. The first kappa shape index (κ1) is 19.3. The second-order valence-corrected chi connectivity index (χ2v) is 6.73. The van der Waals surface area contributed by atoms with Gasteiger partial charge in [0.25, 0.3) is 0 Å². The lowest BCUT2D eigenvalue weighted by molar-refractivity contribution is 0.00694. The molecule has 138 valence electrons. The van der Waals surface area contributed by atoms with Crippen molar-refractivity contribution >= 4 is 17.6 Å². The molecule has 3 N–H and O–H groups in total. The lowest BCUT2D eigenvalue weighted by atomic mass is 10.1. The number of rotatable bonds is 5. The molecule has 0 amide bonds. The molecule has 2 aromatic carbocycles. The van der Waals surface area contributed by atoms with Gasteiger partial charge < -0.3 is 20.5 Å². The fourth-order valence-corrected chi connectivity index (χ4v) is 2.24. The number of carbonyl (C=O) groups excluding carboxylic acids is 1. The van der Waals surface area contributed by atoms with Gasteiger partial charge in [0.15, 0.2) is 5.96 Å². The summed E-state index contributed by atoms with van der Waals surface area (Å²) in [6.45, 7) is 5.85. The van der Waals surface area contributed by atoms with E-state index in [1.165, 1.54) is 0 Å². The Kier molecular flexibility index (Phi) is 6.22. The topological polar surface area (TPSA) is 85.9 Å². The molecule has 0 saturated carbocycles. The average molecular weight is 355 g/mol. The molecule has 0 fully saturated rings. The van der Waals surface area contributed by atoms with Gasteiger partial charge in [0.2, 0.25) is 0 Å². The van der Waals surface area contributed by atoms with Gasteiger partial charge in [0, 0.05) is 0 Å². The Hall–Kier alpha value is -3.02. The summed E-state index contributed by atoms with van der Waals surface area (Å²) in [6, 6.07) is 14.6. The van der Waals surface area contributed by atoms with E-state index in [2.05, 4.69) is 10.3 Å². The fourth-order valence-electron chi connectivity index (χ4n) is 2.24. The standard InChI is InChI=1S/C20H25N3O3/c1-20(2,3)26-18(24)15-9-7-8-14(12-15)13-22-19(21)23-16-10-5-6-11-17(16)25-4/h5-12H,13H2,1-4H3,(H3,21,22,23). The van der Waals surface area contributed by atoms with Crippen LogP contribution in [0.3, 0.4) is 0 Å². The molecule has 0 radical (unpaired) electrons. The van der Waals surface area contributed by atoms with Crippen molar-refractivity contribution in [2.75, 3.05) is 12.4 Å². The molecule has 0 aliphatic rings. The van der Waals surface area contributed by atoms with Crippen LogP contribution in [0, 0.1) is 0 Å². The Labute approximate surface area is 154 Å². The van der Waals surface area contributed by atoms with E-state index in [-0.39, 0.29) is 11.9 Å². The summed E-state index contributed by atoms with van der Waals surface area (Å²) < 4.78 is 10.6. The van der Waals surface area contributed by atoms with Crippen molar-refractivity contribution in [1.29, 1.82) is 0 Å². The van der Waals surface area contributed by atoms with Crippen molar-refractivity contribution in [1.82, 2.24) is 0 Å². The maximum absolute atomic E-state index is 12.2. The molecule has 6 nitrogen and oxygen atoms in total. The molecule has 0 atom stereocenters. The minimum absolute atomic E-state index is 0.261. The van der Waals surface area contributed by atoms with Gasteiger partial charge in [0.05, 0.1) is 24.9 Å². The van der Waals surface area contributed by atoms with Crippen molar-refractivity contribution in [3.8, 4) is 5.75 Å². The minimum Gasteiger partial charge on any atom is -0.495 e. The quantitative estimate of drug-likeness (QED) is 0.486. The molecule has 0 heterocycles. The Morgan fingerprint density at radius 3 is 2.58 bits per heavy atom. The summed E-state index contributed by atoms with van der Waals surface area (Å²) in [7, 11) is 1.59. The molecule has 6 heteroatoms. The third kappa shape index (κ3) is 5.81. The number of nitrogens with zero attached hydrogens (tertiary/aromatic N) is 1. The lowest BCUT2D eigenvalue weighted by Crippen LogP contribution is -2.24. The van der Waals surface area contributed by atoms with Crippen LogP contribution in [0.1, 0.15) is 36.7 Å². The number of esters is 1. The molecule has 0 aliphatic heterocycles. The van der Waals surface area contributed by atoms with E-state index >= 15 is 0 Å². The molecule has 0 aliphatic carbocycles. The highest BCUT2D eigenvalue weighted by Gasteiger charge is 2.17. The number of guanidine groups is 1. The number of carbonyl (C=O) groups is 1. The Bertz CT molecular complexity index is 795. The summed E-state index contributed by atoms with van der Waals surface area (Å²) in [5, 5.41) is 3.01. The zero-order valence-electron chi connectivity index (χ0n) is 15.6. The largest absolute Gasteiger partial charge is 0.495 e. The maximum Gasteiger partial charge on any atom is 0.338 e. The summed E-state index contributed by atoms with van der Waals surface area (Å²) in [5.41, 5.74) is 7.50. The molecule has 2 aromatic rings. The van der Waals surface area contributed by atoms with Crippen LogP contribution in [0.4, 0.5) is 5.69 Å². The smallest absolute Gasteiger partial charge is 0.338 e. The minimum atomic E-state index is -0.533. The van der Waals surface area contributed by atoms with Gasteiger partial charge in [-0.2, -0.15) is 0 Å². The van der Waals surface area contributed by atoms with Crippen molar-refractivity contribution in [3.05, 3.63) is 59.7 Å². The normalized spacial score (nSPS) is 11.8. The Morgan fingerprint density at radius 1 is 1.15 bits per heavy atom. The van der Waals surface area contributed by atoms with Crippen molar-refractivity contribution < 1.29 is 14.3 Å². The molecule has 0 bridgehead atoms. The van der Waals surface area contributed by atoms with E-state index in [0.29, 0.717) is 17.9 Å². The molecular weight excluding hydrogens is 330 g/mol. The zero-order valence-corrected chi connectivity index (χ0v) is 15.6. The van der Waals surface area contributed by atoms with Gasteiger partial charge in [-0.25, -0.2) is 9.79 Å². The molecule has 0 unspecified atom stereocenters. The number of nitrogens with one attached hydrogen (secondary N) is 1.